The number of allylic oxidation sites excluding steroid dienone is 4. The molecular weight excluding hydrogens is 378 g/mol. The van der Waals surface area contributed by atoms with Crippen LogP contribution in [0.1, 0.15) is 32.6 Å². The van der Waals surface area contributed by atoms with Crippen molar-refractivity contribution in [3.05, 3.63) is 61.8 Å². The van der Waals surface area contributed by atoms with Crippen LogP contribution in [-0.2, 0) is 21.7 Å². The van der Waals surface area contributed by atoms with Gasteiger partial charge in [-0.25, -0.2) is 11.6 Å². The summed E-state index contributed by atoms with van der Waals surface area (Å²) in [6.45, 7) is 15.8. The van der Waals surface area contributed by atoms with Crippen LogP contribution in [0.3, 0.4) is 0 Å². The van der Waals surface area contributed by atoms with Crippen LogP contribution in [0.5, 0.6) is 0 Å². The van der Waals surface area contributed by atoms with E-state index in [-0.39, 0.29) is 21.7 Å². The fourth-order valence-corrected chi connectivity index (χ4v) is 1.76. The summed E-state index contributed by atoms with van der Waals surface area (Å²) in [5, 5.41) is 0. The Morgan fingerprint density at radius 2 is 1.25 bits per heavy atom. The summed E-state index contributed by atoms with van der Waals surface area (Å²) in [6, 6.07) is 0. The molecule has 1 rings (SSSR count). The Balaban J connectivity index is -0.000000139. The second-order valence-corrected chi connectivity index (χ2v) is 7.06. The first-order valence-corrected chi connectivity index (χ1v) is 9.78. The molecule has 0 bridgehead atoms. The van der Waals surface area contributed by atoms with Crippen LogP contribution >= 0.6 is 0 Å². The molecule has 0 unspecified atom stereocenters. The molecule has 1 aliphatic rings. The first-order valence-electron chi connectivity index (χ1n) is 9.78. The van der Waals surface area contributed by atoms with Crippen molar-refractivity contribution in [1.82, 2.24) is 14.7 Å². The van der Waals surface area contributed by atoms with E-state index in [0.29, 0.717) is 0 Å². The van der Waals surface area contributed by atoms with Crippen LogP contribution in [0.15, 0.2) is 55.7 Å². The van der Waals surface area contributed by atoms with Crippen LogP contribution in [0.2, 0.25) is 0 Å². The number of hydrogen-bond acceptors (Lipinski definition) is 3. The van der Waals surface area contributed by atoms with Gasteiger partial charge in [0.1, 0.15) is 0 Å². The molecule has 0 aromatic rings. The maximum atomic E-state index is 3.56. The van der Waals surface area contributed by atoms with Crippen molar-refractivity contribution < 1.29 is 21.7 Å². The molecule has 0 N–H and O–H groups in total. The molecule has 0 saturated heterocycles. The molecule has 162 valence electrons. The SMILES string of the molecule is C=CCN(C)C.C=CCN(C)C.C=CCN(C)C.CCCCC1=[C-]CC=C1.[Ti]. The predicted octanol–water partition coefficient (Wildman–Crippen LogP) is 5.07. The van der Waals surface area contributed by atoms with Crippen molar-refractivity contribution >= 4 is 0 Å². The summed E-state index contributed by atoms with van der Waals surface area (Å²) in [7, 11) is 12.1. The Morgan fingerprint density at radius 3 is 1.43 bits per heavy atom. The molecule has 0 saturated carbocycles. The van der Waals surface area contributed by atoms with Gasteiger partial charge in [0, 0.05) is 41.4 Å². The zero-order valence-electron chi connectivity index (χ0n) is 19.8. The summed E-state index contributed by atoms with van der Waals surface area (Å²) in [6.07, 6.45) is 18.2. The van der Waals surface area contributed by atoms with Gasteiger partial charge in [0.2, 0.25) is 0 Å². The maximum Gasteiger partial charge on any atom is 0.0154 e. The Kier molecular flexibility index (Phi) is 35.4. The van der Waals surface area contributed by atoms with Gasteiger partial charge in [0.15, 0.2) is 0 Å². The van der Waals surface area contributed by atoms with Crippen molar-refractivity contribution in [1.29, 1.82) is 0 Å². The van der Waals surface area contributed by atoms with E-state index < -0.39 is 0 Å². The van der Waals surface area contributed by atoms with Gasteiger partial charge in [-0.05, 0) is 42.3 Å². The number of nitrogens with zero attached hydrogens (tertiary/aromatic N) is 3. The third kappa shape index (κ3) is 40.1. The van der Waals surface area contributed by atoms with Crippen molar-refractivity contribution in [2.75, 3.05) is 61.9 Å². The smallest absolute Gasteiger partial charge is 0.0154 e. The number of likely N-dealkylation sites (N-methyl/N-ethyl adjacent to an activating group) is 3. The monoisotopic (exact) mass is 424 g/mol. The fraction of sp³-hybridized carbons (Fsp3) is 0.583. The van der Waals surface area contributed by atoms with E-state index >= 15 is 0 Å². The van der Waals surface area contributed by atoms with Crippen LogP contribution in [0, 0.1) is 6.08 Å². The predicted molar refractivity (Wildman–Crippen MR) is 126 cm³/mol. The Morgan fingerprint density at radius 1 is 0.857 bits per heavy atom. The summed E-state index contributed by atoms with van der Waals surface area (Å²) < 4.78 is 0. The summed E-state index contributed by atoms with van der Waals surface area (Å²) >= 11 is 0. The van der Waals surface area contributed by atoms with Crippen LogP contribution in [0.25, 0.3) is 0 Å². The zero-order valence-corrected chi connectivity index (χ0v) is 21.4. The van der Waals surface area contributed by atoms with Crippen molar-refractivity contribution in [2.24, 2.45) is 0 Å². The molecule has 0 radical (unpaired) electrons. The normalized spacial score (nSPS) is 11.1. The van der Waals surface area contributed by atoms with E-state index in [4.69, 9.17) is 0 Å². The standard InChI is InChI=1S/C9H13.3C5H11N.Ti/c1-2-3-6-9-7-4-5-8-9;3*1-4-5-6(2)3;/h4,7H,2-3,5-6H2,1H3;3*4H,1,5H2,2-3H3;/q-1;;;;. The molecule has 0 amide bonds. The van der Waals surface area contributed by atoms with E-state index in [2.05, 4.69) is 59.6 Å². The van der Waals surface area contributed by atoms with E-state index in [9.17, 15) is 0 Å². The minimum Gasteiger partial charge on any atom is -0.306 e. The second-order valence-electron chi connectivity index (χ2n) is 7.06. The topological polar surface area (TPSA) is 9.72 Å². The minimum atomic E-state index is 0. The molecule has 0 spiro atoms. The van der Waals surface area contributed by atoms with Crippen LogP contribution < -0.4 is 0 Å². The van der Waals surface area contributed by atoms with Crippen LogP contribution in [-0.4, -0.2) is 76.6 Å². The molecule has 0 aromatic carbocycles. The molecule has 4 heteroatoms. The Bertz CT molecular complexity index is 363. The van der Waals surface area contributed by atoms with Gasteiger partial charge >= 0.3 is 0 Å². The number of rotatable bonds is 9. The summed E-state index contributed by atoms with van der Waals surface area (Å²) in [4.78, 5) is 6.19. The molecule has 0 aromatic heterocycles. The van der Waals surface area contributed by atoms with Gasteiger partial charge < -0.3 is 14.7 Å². The molecule has 28 heavy (non-hydrogen) atoms. The third-order valence-electron chi connectivity index (χ3n) is 3.05. The average molecular weight is 425 g/mol. The number of unbranched alkanes of at least 4 members (excludes halogenated alkanes) is 1. The van der Waals surface area contributed by atoms with E-state index in [0.717, 1.165) is 26.1 Å². The van der Waals surface area contributed by atoms with Gasteiger partial charge in [-0.1, -0.05) is 44.4 Å². The average Bonchev–Trinajstić information content (AvgIpc) is 3.07. The van der Waals surface area contributed by atoms with Gasteiger partial charge in [-0.15, -0.1) is 26.2 Å². The van der Waals surface area contributed by atoms with Gasteiger partial charge in [0.05, 0.1) is 0 Å². The first-order chi connectivity index (χ1) is 12.7. The van der Waals surface area contributed by atoms with Crippen molar-refractivity contribution in [3.63, 3.8) is 0 Å². The van der Waals surface area contributed by atoms with Gasteiger partial charge in [-0.2, -0.15) is 6.08 Å². The molecule has 3 nitrogen and oxygen atoms in total. The Labute approximate surface area is 192 Å². The molecule has 0 fully saturated rings. The summed E-state index contributed by atoms with van der Waals surface area (Å²) in [5.74, 6) is 0. The minimum absolute atomic E-state index is 0. The van der Waals surface area contributed by atoms with Crippen molar-refractivity contribution in [2.45, 2.75) is 32.6 Å². The third-order valence-corrected chi connectivity index (χ3v) is 3.05. The first kappa shape index (κ1) is 34.8. The zero-order chi connectivity index (χ0) is 21.5. The number of hydrogen-bond donors (Lipinski definition) is 0. The quantitative estimate of drug-likeness (QED) is 0.291. The van der Waals surface area contributed by atoms with E-state index in [1.807, 2.05) is 60.5 Å². The molecule has 1 aliphatic carbocycles. The van der Waals surface area contributed by atoms with Crippen molar-refractivity contribution in [3.8, 4) is 0 Å². The van der Waals surface area contributed by atoms with E-state index in [1.165, 1.54) is 24.8 Å². The van der Waals surface area contributed by atoms with E-state index in [1.54, 1.807) is 0 Å². The fourth-order valence-electron chi connectivity index (χ4n) is 1.76. The van der Waals surface area contributed by atoms with Gasteiger partial charge in [0.25, 0.3) is 0 Å². The van der Waals surface area contributed by atoms with Gasteiger partial charge in [-0.3, -0.25) is 6.08 Å². The van der Waals surface area contributed by atoms with Crippen LogP contribution in [0.4, 0.5) is 0 Å². The molecule has 0 heterocycles. The summed E-state index contributed by atoms with van der Waals surface area (Å²) in [5.41, 5.74) is 1.41. The second kappa shape index (κ2) is 28.5. The largest absolute Gasteiger partial charge is 0.306 e. The molecule has 0 atom stereocenters. The Hall–Kier alpha value is -0.706. The molecule has 0 aliphatic heterocycles. The molecular formula is C24H46N3Ti-. The maximum absolute atomic E-state index is 3.56.